The molecule has 0 fully saturated rings. The zero-order valence-corrected chi connectivity index (χ0v) is 11.2. The van der Waals surface area contributed by atoms with Crippen molar-refractivity contribution in [1.29, 1.82) is 0 Å². The Balaban J connectivity index is 3.00. The van der Waals surface area contributed by atoms with Gasteiger partial charge in [-0.25, -0.2) is 0 Å². The van der Waals surface area contributed by atoms with E-state index in [1.807, 2.05) is 13.8 Å². The third-order valence-corrected chi connectivity index (χ3v) is 3.86. The number of hydrogen-bond acceptors (Lipinski definition) is 1. The van der Waals surface area contributed by atoms with Gasteiger partial charge < -0.3 is 5.11 Å². The molecule has 0 heterocycles. The van der Waals surface area contributed by atoms with E-state index in [0.29, 0.717) is 0 Å². The maximum absolute atomic E-state index is 10.1. The summed E-state index contributed by atoms with van der Waals surface area (Å²) in [7, 11) is 0. The summed E-state index contributed by atoms with van der Waals surface area (Å²) in [6, 6.07) is 8.39. The van der Waals surface area contributed by atoms with Crippen molar-refractivity contribution in [1.82, 2.24) is 0 Å². The lowest BCUT2D eigenvalue weighted by Gasteiger charge is -2.26. The smallest absolute Gasteiger partial charge is 0.0865 e. The summed E-state index contributed by atoms with van der Waals surface area (Å²) < 4.78 is 0. The first-order valence-corrected chi connectivity index (χ1v) is 6.17. The molecule has 0 saturated heterocycles. The van der Waals surface area contributed by atoms with Crippen molar-refractivity contribution in [3.05, 3.63) is 35.4 Å². The second-order valence-corrected chi connectivity index (χ2v) is 5.44. The highest BCUT2D eigenvalue weighted by Crippen LogP contribution is 2.30. The Bertz CT molecular complexity index is 298. The fraction of sp³-hybridized carbons (Fsp3) is 0.600. The molecule has 0 bridgehead atoms. The van der Waals surface area contributed by atoms with Crippen LogP contribution in [0, 0.1) is 0 Å². The van der Waals surface area contributed by atoms with Crippen molar-refractivity contribution in [3.8, 4) is 0 Å². The van der Waals surface area contributed by atoms with E-state index in [-0.39, 0.29) is 5.41 Å². The maximum Gasteiger partial charge on any atom is 0.0865 e. The molecule has 1 N–H and O–H groups in total. The summed E-state index contributed by atoms with van der Waals surface area (Å²) in [4.78, 5) is 0. The SMILES string of the molecule is CCC(C)(C)c1ccc(C(C)(O)CC)cc1. The van der Waals surface area contributed by atoms with Crippen molar-refractivity contribution in [2.45, 2.75) is 58.5 Å². The van der Waals surface area contributed by atoms with E-state index < -0.39 is 5.60 Å². The van der Waals surface area contributed by atoms with Gasteiger partial charge in [-0.05, 0) is 36.3 Å². The van der Waals surface area contributed by atoms with E-state index in [9.17, 15) is 5.11 Å². The van der Waals surface area contributed by atoms with E-state index in [1.54, 1.807) is 0 Å². The van der Waals surface area contributed by atoms with Crippen LogP contribution in [-0.2, 0) is 11.0 Å². The molecule has 1 aromatic rings. The summed E-state index contributed by atoms with van der Waals surface area (Å²) in [6.07, 6.45) is 1.86. The number of hydrogen-bond donors (Lipinski definition) is 1. The van der Waals surface area contributed by atoms with Crippen molar-refractivity contribution < 1.29 is 5.11 Å². The molecule has 16 heavy (non-hydrogen) atoms. The van der Waals surface area contributed by atoms with Crippen LogP contribution in [0.1, 0.15) is 58.6 Å². The third kappa shape index (κ3) is 2.65. The second-order valence-electron chi connectivity index (χ2n) is 5.44. The van der Waals surface area contributed by atoms with Crippen LogP contribution in [0.15, 0.2) is 24.3 Å². The van der Waals surface area contributed by atoms with Gasteiger partial charge in [-0.15, -0.1) is 0 Å². The molecule has 0 aromatic heterocycles. The Morgan fingerprint density at radius 2 is 1.31 bits per heavy atom. The summed E-state index contributed by atoms with van der Waals surface area (Å²) in [5.41, 5.74) is 1.86. The van der Waals surface area contributed by atoms with E-state index in [2.05, 4.69) is 45.0 Å². The van der Waals surface area contributed by atoms with Crippen molar-refractivity contribution in [3.63, 3.8) is 0 Å². The number of rotatable bonds is 4. The van der Waals surface area contributed by atoms with Crippen LogP contribution >= 0.6 is 0 Å². The first kappa shape index (κ1) is 13.2. The molecule has 0 amide bonds. The molecule has 0 aliphatic rings. The maximum atomic E-state index is 10.1. The second kappa shape index (κ2) is 4.58. The predicted molar refractivity (Wildman–Crippen MR) is 69.6 cm³/mol. The minimum absolute atomic E-state index is 0.219. The first-order chi connectivity index (χ1) is 7.33. The van der Waals surface area contributed by atoms with Crippen LogP contribution in [0.4, 0.5) is 0 Å². The minimum Gasteiger partial charge on any atom is -0.385 e. The molecule has 1 rings (SSSR count). The zero-order valence-electron chi connectivity index (χ0n) is 11.2. The monoisotopic (exact) mass is 220 g/mol. The predicted octanol–water partition coefficient (Wildman–Crippen LogP) is 3.99. The first-order valence-electron chi connectivity index (χ1n) is 6.17. The summed E-state index contributed by atoms with van der Waals surface area (Å²) >= 11 is 0. The fourth-order valence-corrected chi connectivity index (χ4v) is 1.69. The number of aliphatic hydroxyl groups is 1. The quantitative estimate of drug-likeness (QED) is 0.813. The van der Waals surface area contributed by atoms with Crippen LogP contribution in [0.25, 0.3) is 0 Å². The number of benzene rings is 1. The van der Waals surface area contributed by atoms with Gasteiger partial charge in [0.05, 0.1) is 5.60 Å². The molecule has 0 aliphatic heterocycles. The zero-order chi connectivity index (χ0) is 12.4. The van der Waals surface area contributed by atoms with E-state index >= 15 is 0 Å². The Kier molecular flexibility index (Phi) is 3.80. The molecular weight excluding hydrogens is 196 g/mol. The molecule has 0 radical (unpaired) electrons. The third-order valence-electron chi connectivity index (χ3n) is 3.86. The highest BCUT2D eigenvalue weighted by molar-refractivity contribution is 5.30. The summed E-state index contributed by atoms with van der Waals surface area (Å²) in [6.45, 7) is 10.6. The largest absolute Gasteiger partial charge is 0.385 e. The topological polar surface area (TPSA) is 20.2 Å². The van der Waals surface area contributed by atoms with Crippen LogP contribution in [0.3, 0.4) is 0 Å². The van der Waals surface area contributed by atoms with Gasteiger partial charge in [-0.1, -0.05) is 52.0 Å². The average Bonchev–Trinajstić information content (AvgIpc) is 2.29. The fourth-order valence-electron chi connectivity index (χ4n) is 1.69. The van der Waals surface area contributed by atoms with Gasteiger partial charge >= 0.3 is 0 Å². The van der Waals surface area contributed by atoms with Crippen LogP contribution < -0.4 is 0 Å². The van der Waals surface area contributed by atoms with Gasteiger partial charge in [-0.2, -0.15) is 0 Å². The van der Waals surface area contributed by atoms with Crippen LogP contribution in [0.2, 0.25) is 0 Å². The Morgan fingerprint density at radius 1 is 0.875 bits per heavy atom. The molecule has 1 nitrogen and oxygen atoms in total. The minimum atomic E-state index is -0.700. The van der Waals surface area contributed by atoms with Crippen molar-refractivity contribution >= 4 is 0 Å². The lowest BCUT2D eigenvalue weighted by atomic mass is 9.81. The van der Waals surface area contributed by atoms with E-state index in [4.69, 9.17) is 0 Å². The van der Waals surface area contributed by atoms with E-state index in [1.165, 1.54) is 5.56 Å². The van der Waals surface area contributed by atoms with Gasteiger partial charge in [0.2, 0.25) is 0 Å². The normalized spacial score (nSPS) is 15.9. The van der Waals surface area contributed by atoms with Gasteiger partial charge in [0.25, 0.3) is 0 Å². The molecule has 0 spiro atoms. The van der Waals surface area contributed by atoms with Gasteiger partial charge in [0, 0.05) is 0 Å². The molecule has 1 aromatic carbocycles. The highest BCUT2D eigenvalue weighted by atomic mass is 16.3. The summed E-state index contributed by atoms with van der Waals surface area (Å²) in [5.74, 6) is 0. The molecule has 0 aliphatic carbocycles. The van der Waals surface area contributed by atoms with Crippen LogP contribution in [0.5, 0.6) is 0 Å². The lowest BCUT2D eigenvalue weighted by Crippen LogP contribution is -2.20. The Hall–Kier alpha value is -0.820. The molecule has 0 saturated carbocycles. The molecular formula is C15H24O. The van der Waals surface area contributed by atoms with Gasteiger partial charge in [0.1, 0.15) is 0 Å². The Labute approximate surface area is 99.5 Å². The summed E-state index contributed by atoms with van der Waals surface area (Å²) in [5, 5.41) is 10.1. The standard InChI is InChI=1S/C15H24O/c1-6-14(3,4)12-8-10-13(11-9-12)15(5,16)7-2/h8-11,16H,6-7H2,1-5H3. The highest BCUT2D eigenvalue weighted by Gasteiger charge is 2.22. The molecule has 1 heteroatoms. The molecule has 90 valence electrons. The van der Waals surface area contributed by atoms with Crippen molar-refractivity contribution in [2.75, 3.05) is 0 Å². The Morgan fingerprint density at radius 3 is 1.69 bits per heavy atom. The van der Waals surface area contributed by atoms with Crippen LogP contribution in [-0.4, -0.2) is 5.11 Å². The van der Waals surface area contributed by atoms with Gasteiger partial charge in [-0.3, -0.25) is 0 Å². The molecule has 1 atom stereocenters. The average molecular weight is 220 g/mol. The lowest BCUT2D eigenvalue weighted by molar-refractivity contribution is 0.0530. The van der Waals surface area contributed by atoms with Crippen molar-refractivity contribution in [2.24, 2.45) is 0 Å². The van der Waals surface area contributed by atoms with Gasteiger partial charge in [0.15, 0.2) is 0 Å². The van der Waals surface area contributed by atoms with E-state index in [0.717, 1.165) is 18.4 Å². The molecule has 1 unspecified atom stereocenters.